The van der Waals surface area contributed by atoms with Gasteiger partial charge < -0.3 is 9.42 Å². The number of alkyl halides is 4. The number of carbonyl (C=O) groups excluding carboxylic acids is 1. The van der Waals surface area contributed by atoms with Crippen LogP contribution in [0.15, 0.2) is 9.32 Å². The van der Waals surface area contributed by atoms with Crippen molar-refractivity contribution in [3.8, 4) is 0 Å². The third-order valence-corrected chi connectivity index (χ3v) is 4.57. The summed E-state index contributed by atoms with van der Waals surface area (Å²) in [4.78, 5) is 29.7. The first-order chi connectivity index (χ1) is 12.7. The van der Waals surface area contributed by atoms with Crippen LogP contribution in [0.2, 0.25) is 0 Å². The summed E-state index contributed by atoms with van der Waals surface area (Å²) in [5.41, 5.74) is -0.660. The smallest absolute Gasteiger partial charge is 0.337 e. The maximum absolute atomic E-state index is 13.0. The van der Waals surface area contributed by atoms with Gasteiger partial charge in [-0.15, -0.1) is 0 Å². The van der Waals surface area contributed by atoms with Gasteiger partial charge in [-0.1, -0.05) is 5.16 Å². The third-order valence-electron chi connectivity index (χ3n) is 4.57. The van der Waals surface area contributed by atoms with Gasteiger partial charge in [-0.2, -0.15) is 23.3 Å². The van der Waals surface area contributed by atoms with E-state index in [4.69, 9.17) is 0 Å². The van der Waals surface area contributed by atoms with Crippen molar-refractivity contribution in [3.05, 3.63) is 28.0 Å². The van der Waals surface area contributed by atoms with Crippen molar-refractivity contribution < 1.29 is 26.9 Å². The summed E-state index contributed by atoms with van der Waals surface area (Å²) >= 11 is 0. The number of hydrogen-bond acceptors (Lipinski definition) is 6. The van der Waals surface area contributed by atoms with Crippen molar-refractivity contribution in [1.82, 2.24) is 29.4 Å². The molecule has 2 aliphatic heterocycles. The summed E-state index contributed by atoms with van der Waals surface area (Å²) in [6.45, 7) is -0.454. The minimum atomic E-state index is -4.76. The molecular weight excluding hydrogens is 376 g/mol. The molecule has 4 heterocycles. The van der Waals surface area contributed by atoms with Gasteiger partial charge in [0.15, 0.2) is 0 Å². The minimum absolute atomic E-state index is 0.00421. The molecule has 4 rings (SSSR count). The van der Waals surface area contributed by atoms with Gasteiger partial charge in [0, 0.05) is 6.42 Å². The molecule has 1 saturated heterocycles. The summed E-state index contributed by atoms with van der Waals surface area (Å²) in [6.07, 6.45) is -4.36. The predicted octanol–water partition coefficient (Wildman–Crippen LogP) is 0.553. The normalized spacial score (nSPS) is 20.4. The van der Waals surface area contributed by atoms with E-state index in [-0.39, 0.29) is 19.0 Å². The Labute approximate surface area is 148 Å². The van der Waals surface area contributed by atoms with Gasteiger partial charge in [-0.05, 0) is 12.8 Å². The number of aryl methyl sites for hydroxylation is 1. The lowest BCUT2D eigenvalue weighted by atomic mass is 10.0. The number of rotatable bonds is 3. The maximum atomic E-state index is 13.0. The molecule has 2 aromatic rings. The molecule has 1 unspecified atom stereocenters. The van der Waals surface area contributed by atoms with Crippen molar-refractivity contribution in [2.45, 2.75) is 44.2 Å². The summed E-state index contributed by atoms with van der Waals surface area (Å²) in [5, 5.41) is 6.91. The second kappa shape index (κ2) is 6.16. The van der Waals surface area contributed by atoms with Crippen LogP contribution in [0.25, 0.3) is 0 Å². The van der Waals surface area contributed by atoms with E-state index in [1.54, 1.807) is 0 Å². The molecule has 0 spiro atoms. The van der Waals surface area contributed by atoms with E-state index in [1.807, 2.05) is 0 Å². The highest BCUT2D eigenvalue weighted by molar-refractivity contribution is 5.81. The minimum Gasteiger partial charge on any atom is -0.337 e. The lowest BCUT2D eigenvalue weighted by molar-refractivity contribution is -0.146. The van der Waals surface area contributed by atoms with Gasteiger partial charge in [0.05, 0.1) is 13.1 Å². The lowest BCUT2D eigenvalue weighted by Gasteiger charge is -2.37. The zero-order valence-corrected chi connectivity index (χ0v) is 13.8. The summed E-state index contributed by atoms with van der Waals surface area (Å²) in [7, 11) is 0. The van der Waals surface area contributed by atoms with E-state index in [0.717, 1.165) is 4.68 Å². The van der Waals surface area contributed by atoms with E-state index in [9.17, 15) is 27.2 Å². The van der Waals surface area contributed by atoms with Crippen LogP contribution in [0.4, 0.5) is 17.6 Å². The van der Waals surface area contributed by atoms with Crippen LogP contribution < -0.4 is 5.69 Å². The summed E-state index contributed by atoms with van der Waals surface area (Å²) in [5.74, 6) is -1.88. The summed E-state index contributed by atoms with van der Waals surface area (Å²) < 4.78 is 57.3. The maximum Gasteiger partial charge on any atom is 0.455 e. The molecule has 0 N–H and O–H groups in total. The Kier molecular flexibility index (Phi) is 4.03. The Bertz CT molecular complexity index is 926. The SMILES string of the molecule is O=C(C1CCCc2nn(Cc3nc(C(F)(F)F)no3)c(=O)n21)N1CC(F)C1. The number of carbonyl (C=O) groups is 1. The van der Waals surface area contributed by atoms with Crippen molar-refractivity contribution in [2.24, 2.45) is 0 Å². The fourth-order valence-corrected chi connectivity index (χ4v) is 3.25. The van der Waals surface area contributed by atoms with Crippen molar-refractivity contribution >= 4 is 5.91 Å². The van der Waals surface area contributed by atoms with Crippen LogP contribution in [0.1, 0.15) is 36.4 Å². The van der Waals surface area contributed by atoms with Crippen LogP contribution >= 0.6 is 0 Å². The molecule has 9 nitrogen and oxygen atoms in total. The van der Waals surface area contributed by atoms with E-state index in [2.05, 4.69) is 19.8 Å². The number of fused-ring (bicyclic) bond motifs is 1. The first kappa shape index (κ1) is 17.7. The number of amides is 1. The van der Waals surface area contributed by atoms with Crippen LogP contribution in [0.3, 0.4) is 0 Å². The Morgan fingerprint density at radius 2 is 2.04 bits per heavy atom. The first-order valence-electron chi connectivity index (χ1n) is 8.25. The van der Waals surface area contributed by atoms with Crippen molar-refractivity contribution in [1.29, 1.82) is 0 Å². The van der Waals surface area contributed by atoms with Crippen LogP contribution in [-0.2, 0) is 23.9 Å². The molecule has 2 aromatic heterocycles. The van der Waals surface area contributed by atoms with Gasteiger partial charge in [0.1, 0.15) is 24.6 Å². The van der Waals surface area contributed by atoms with Gasteiger partial charge in [-0.25, -0.2) is 13.9 Å². The molecule has 13 heteroatoms. The average Bonchev–Trinajstić information content (AvgIpc) is 3.17. The fraction of sp³-hybridized carbons (Fsp3) is 0.643. The van der Waals surface area contributed by atoms with E-state index in [1.165, 1.54) is 9.47 Å². The van der Waals surface area contributed by atoms with E-state index >= 15 is 0 Å². The number of hydrogen-bond donors (Lipinski definition) is 0. The quantitative estimate of drug-likeness (QED) is 0.710. The van der Waals surface area contributed by atoms with Gasteiger partial charge in [0.25, 0.3) is 5.82 Å². The highest BCUT2D eigenvalue weighted by atomic mass is 19.4. The molecule has 146 valence electrons. The predicted molar refractivity (Wildman–Crippen MR) is 78.3 cm³/mol. The largest absolute Gasteiger partial charge is 0.455 e. The number of halogens is 4. The fourth-order valence-electron chi connectivity index (χ4n) is 3.25. The molecule has 1 amide bonds. The number of likely N-dealkylation sites (tertiary alicyclic amines) is 1. The number of aromatic nitrogens is 5. The molecule has 2 aliphatic rings. The standard InChI is InChI=1S/C14H14F4N6O3/c15-7-4-22(5-7)11(25)8-2-1-3-9-20-23(13(26)24(8)9)6-10-19-12(21-27-10)14(16,17)18/h7-8H,1-6H2. The Balaban J connectivity index is 1.59. The molecule has 0 aromatic carbocycles. The average molecular weight is 390 g/mol. The molecule has 0 aliphatic carbocycles. The van der Waals surface area contributed by atoms with E-state index < -0.39 is 42.3 Å². The Hall–Kier alpha value is -2.73. The number of nitrogens with zero attached hydrogens (tertiary/aromatic N) is 6. The van der Waals surface area contributed by atoms with Crippen molar-refractivity contribution in [2.75, 3.05) is 13.1 Å². The van der Waals surface area contributed by atoms with Gasteiger partial charge in [0.2, 0.25) is 11.8 Å². The second-order valence-electron chi connectivity index (χ2n) is 6.48. The molecule has 27 heavy (non-hydrogen) atoms. The topological polar surface area (TPSA) is 99.0 Å². The highest BCUT2D eigenvalue weighted by Crippen LogP contribution is 2.27. The molecule has 0 saturated carbocycles. The molecule has 0 bridgehead atoms. The van der Waals surface area contributed by atoms with Crippen LogP contribution in [-0.4, -0.2) is 54.6 Å². The van der Waals surface area contributed by atoms with Crippen molar-refractivity contribution in [3.63, 3.8) is 0 Å². The third kappa shape index (κ3) is 3.10. The first-order valence-corrected chi connectivity index (χ1v) is 8.25. The second-order valence-corrected chi connectivity index (χ2v) is 6.48. The molecular formula is C14H14F4N6O3. The van der Waals surface area contributed by atoms with Gasteiger partial charge in [-0.3, -0.25) is 9.36 Å². The molecule has 0 radical (unpaired) electrons. The Morgan fingerprint density at radius 1 is 1.30 bits per heavy atom. The lowest BCUT2D eigenvalue weighted by Crippen LogP contribution is -2.54. The monoisotopic (exact) mass is 390 g/mol. The molecule has 1 fully saturated rings. The zero-order valence-electron chi connectivity index (χ0n) is 13.8. The summed E-state index contributed by atoms with van der Waals surface area (Å²) in [6, 6.07) is -0.795. The zero-order chi connectivity index (χ0) is 19.3. The van der Waals surface area contributed by atoms with Crippen LogP contribution in [0.5, 0.6) is 0 Å². The van der Waals surface area contributed by atoms with Crippen LogP contribution in [0, 0.1) is 0 Å². The van der Waals surface area contributed by atoms with E-state index in [0.29, 0.717) is 25.1 Å². The van der Waals surface area contributed by atoms with Gasteiger partial charge >= 0.3 is 11.9 Å². The highest BCUT2D eigenvalue weighted by Gasteiger charge is 2.39. The Morgan fingerprint density at radius 3 is 2.67 bits per heavy atom. The molecule has 1 atom stereocenters.